The van der Waals surface area contributed by atoms with Gasteiger partial charge in [-0.25, -0.2) is 9.59 Å². The van der Waals surface area contributed by atoms with Crippen LogP contribution in [0.2, 0.25) is 0 Å². The summed E-state index contributed by atoms with van der Waals surface area (Å²) in [5.41, 5.74) is 0. The number of carbonyl (C=O) groups excluding carboxylic acids is 1. The number of carboxylic acid groups (broad SMARTS) is 1. The van der Waals surface area contributed by atoms with Crippen LogP contribution in [0.25, 0.3) is 0 Å². The van der Waals surface area contributed by atoms with Crippen molar-refractivity contribution in [1.82, 2.24) is 10.2 Å². The molecular weight excluding hydrogens is 257 g/mol. The molecule has 0 aliphatic rings. The molecule has 0 radical (unpaired) electrons. The molecule has 0 aliphatic carbocycles. The van der Waals surface area contributed by atoms with E-state index < -0.39 is 31.3 Å². The van der Waals surface area contributed by atoms with Crippen molar-refractivity contribution in [2.75, 3.05) is 32.8 Å². The predicted octanol–water partition coefficient (Wildman–Crippen LogP) is 0.681. The molecule has 0 spiro atoms. The molecule has 2 N–H and O–H groups in total. The summed E-state index contributed by atoms with van der Waals surface area (Å²) in [6.45, 7) is -0.642. The number of carboxylic acids is 1. The highest BCUT2D eigenvalue weighted by Gasteiger charge is 2.32. The van der Waals surface area contributed by atoms with Crippen molar-refractivity contribution in [2.45, 2.75) is 13.1 Å². The second-order valence-electron chi connectivity index (χ2n) is 3.31. The van der Waals surface area contributed by atoms with E-state index in [0.717, 1.165) is 0 Å². The molecule has 0 aromatic carbocycles. The Morgan fingerprint density at radius 2 is 2.00 bits per heavy atom. The molecule has 0 rings (SSSR count). The molecule has 0 aromatic rings. The number of aliphatic carboxylic acids is 1. The average molecular weight is 272 g/mol. The smallest absolute Gasteiger partial charge is 0.406 e. The largest absolute Gasteiger partial charge is 0.480 e. The van der Waals surface area contributed by atoms with E-state index in [1.807, 2.05) is 0 Å². The summed E-state index contributed by atoms with van der Waals surface area (Å²) in [4.78, 5) is 21.9. The molecular formula is C9H15F3N2O4. The second-order valence-corrected chi connectivity index (χ2v) is 3.31. The summed E-state index contributed by atoms with van der Waals surface area (Å²) in [7, 11) is 0. The number of rotatable bonds is 7. The monoisotopic (exact) mass is 272 g/mol. The maximum Gasteiger partial charge on any atom is 0.406 e. The highest BCUT2D eigenvalue weighted by atomic mass is 19.4. The van der Waals surface area contributed by atoms with Crippen molar-refractivity contribution in [2.24, 2.45) is 0 Å². The van der Waals surface area contributed by atoms with E-state index in [2.05, 4.69) is 10.1 Å². The Bertz CT molecular complexity index is 283. The first-order valence-electron chi connectivity index (χ1n) is 5.15. The van der Waals surface area contributed by atoms with Gasteiger partial charge in [0.1, 0.15) is 13.2 Å². The number of urea groups is 1. The van der Waals surface area contributed by atoms with E-state index in [-0.39, 0.29) is 19.7 Å². The van der Waals surface area contributed by atoms with Crippen LogP contribution < -0.4 is 5.32 Å². The maximum atomic E-state index is 12.1. The van der Waals surface area contributed by atoms with Gasteiger partial charge in [0.05, 0.1) is 6.61 Å². The van der Waals surface area contributed by atoms with Crippen molar-refractivity contribution >= 4 is 12.0 Å². The Morgan fingerprint density at radius 1 is 1.39 bits per heavy atom. The third-order valence-electron chi connectivity index (χ3n) is 1.79. The van der Waals surface area contributed by atoms with Gasteiger partial charge < -0.3 is 20.1 Å². The van der Waals surface area contributed by atoms with E-state index in [1.165, 1.54) is 6.92 Å². The van der Waals surface area contributed by atoms with Crippen LogP contribution in [0.3, 0.4) is 0 Å². The van der Waals surface area contributed by atoms with Crippen LogP contribution in [-0.4, -0.2) is 61.0 Å². The van der Waals surface area contributed by atoms with Gasteiger partial charge in [0, 0.05) is 13.1 Å². The van der Waals surface area contributed by atoms with Gasteiger partial charge in [-0.05, 0) is 6.92 Å². The van der Waals surface area contributed by atoms with Gasteiger partial charge in [0.15, 0.2) is 0 Å². The van der Waals surface area contributed by atoms with Gasteiger partial charge in [-0.1, -0.05) is 0 Å². The zero-order valence-electron chi connectivity index (χ0n) is 9.79. The number of carbonyl (C=O) groups is 2. The first kappa shape index (κ1) is 16.5. The number of hydrogen-bond acceptors (Lipinski definition) is 3. The first-order chi connectivity index (χ1) is 8.26. The van der Waals surface area contributed by atoms with Gasteiger partial charge in [-0.2, -0.15) is 13.2 Å². The molecule has 0 heterocycles. The highest BCUT2D eigenvalue weighted by molar-refractivity contribution is 5.74. The fourth-order valence-electron chi connectivity index (χ4n) is 1.05. The molecule has 0 aliphatic heterocycles. The topological polar surface area (TPSA) is 78.9 Å². The van der Waals surface area contributed by atoms with Crippen molar-refractivity contribution in [3.05, 3.63) is 0 Å². The number of nitrogens with zero attached hydrogens (tertiary/aromatic N) is 1. The lowest BCUT2D eigenvalue weighted by Gasteiger charge is -2.22. The SMILES string of the molecule is CCN(CC(F)(F)F)C(=O)NCCOCC(=O)O. The van der Waals surface area contributed by atoms with E-state index in [4.69, 9.17) is 5.11 Å². The maximum absolute atomic E-state index is 12.1. The van der Waals surface area contributed by atoms with Crippen molar-refractivity contribution in [1.29, 1.82) is 0 Å². The molecule has 0 bridgehead atoms. The Kier molecular flexibility index (Phi) is 7.10. The highest BCUT2D eigenvalue weighted by Crippen LogP contribution is 2.16. The molecule has 0 saturated carbocycles. The van der Waals surface area contributed by atoms with E-state index in [9.17, 15) is 22.8 Å². The number of halogens is 3. The minimum Gasteiger partial charge on any atom is -0.480 e. The van der Waals surface area contributed by atoms with Crippen LogP contribution in [0.15, 0.2) is 0 Å². The minimum absolute atomic E-state index is 0.0551. The molecule has 106 valence electrons. The van der Waals surface area contributed by atoms with E-state index >= 15 is 0 Å². The van der Waals surface area contributed by atoms with Crippen LogP contribution in [0.5, 0.6) is 0 Å². The molecule has 6 nitrogen and oxygen atoms in total. The lowest BCUT2D eigenvalue weighted by atomic mass is 10.5. The lowest BCUT2D eigenvalue weighted by Crippen LogP contribution is -2.45. The molecule has 0 saturated heterocycles. The summed E-state index contributed by atoms with van der Waals surface area (Å²) in [5.74, 6) is -1.16. The van der Waals surface area contributed by atoms with E-state index in [0.29, 0.717) is 4.90 Å². The third-order valence-corrected chi connectivity index (χ3v) is 1.79. The summed E-state index contributed by atoms with van der Waals surface area (Å²) < 4.78 is 40.8. The minimum atomic E-state index is -4.45. The molecule has 0 fully saturated rings. The second kappa shape index (κ2) is 7.75. The van der Waals surface area contributed by atoms with Crippen LogP contribution in [0.4, 0.5) is 18.0 Å². The average Bonchev–Trinajstić information content (AvgIpc) is 2.23. The predicted molar refractivity (Wildman–Crippen MR) is 55.2 cm³/mol. The summed E-state index contributed by atoms with van der Waals surface area (Å²) >= 11 is 0. The Morgan fingerprint density at radius 3 is 2.44 bits per heavy atom. The molecule has 0 atom stereocenters. The van der Waals surface area contributed by atoms with Gasteiger partial charge >= 0.3 is 18.2 Å². The standard InChI is InChI=1S/C9H15F3N2O4/c1-2-14(6-9(10,11)12)8(17)13-3-4-18-5-7(15)16/h2-6H2,1H3,(H,13,17)(H,15,16). The van der Waals surface area contributed by atoms with Gasteiger partial charge in [-0.3, -0.25) is 0 Å². The quantitative estimate of drug-likeness (QED) is 0.668. The fraction of sp³-hybridized carbons (Fsp3) is 0.778. The number of ether oxygens (including phenoxy) is 1. The van der Waals surface area contributed by atoms with Crippen LogP contribution in [0.1, 0.15) is 6.92 Å². The number of nitrogens with one attached hydrogen (secondary N) is 1. The van der Waals surface area contributed by atoms with Crippen LogP contribution in [-0.2, 0) is 9.53 Å². The lowest BCUT2D eigenvalue weighted by molar-refractivity contribution is -0.142. The van der Waals surface area contributed by atoms with Gasteiger partial charge in [0.25, 0.3) is 0 Å². The molecule has 9 heteroatoms. The Labute approximate surface area is 102 Å². The molecule has 18 heavy (non-hydrogen) atoms. The van der Waals surface area contributed by atoms with Gasteiger partial charge in [-0.15, -0.1) is 0 Å². The number of amides is 2. The van der Waals surface area contributed by atoms with E-state index in [1.54, 1.807) is 0 Å². The van der Waals surface area contributed by atoms with Crippen molar-refractivity contribution < 1.29 is 32.6 Å². The van der Waals surface area contributed by atoms with Crippen LogP contribution >= 0.6 is 0 Å². The van der Waals surface area contributed by atoms with Crippen molar-refractivity contribution in [3.63, 3.8) is 0 Å². The summed E-state index contributed by atoms with van der Waals surface area (Å²) in [6, 6.07) is -0.867. The Hall–Kier alpha value is -1.51. The first-order valence-corrected chi connectivity index (χ1v) is 5.15. The summed E-state index contributed by atoms with van der Waals surface area (Å²) in [6.07, 6.45) is -4.45. The molecule has 2 amide bonds. The zero-order valence-corrected chi connectivity index (χ0v) is 9.79. The molecule has 0 aromatic heterocycles. The van der Waals surface area contributed by atoms with Crippen molar-refractivity contribution in [3.8, 4) is 0 Å². The Balaban J connectivity index is 3.88. The normalized spacial score (nSPS) is 11.1. The number of alkyl halides is 3. The van der Waals surface area contributed by atoms with Gasteiger partial charge in [0.2, 0.25) is 0 Å². The third kappa shape index (κ3) is 8.62. The molecule has 0 unspecified atom stereocenters. The van der Waals surface area contributed by atoms with Crippen LogP contribution in [0, 0.1) is 0 Å². The zero-order chi connectivity index (χ0) is 14.2. The fourth-order valence-corrected chi connectivity index (χ4v) is 1.05. The summed E-state index contributed by atoms with van der Waals surface area (Å²) in [5, 5.41) is 10.4. The number of hydrogen-bond donors (Lipinski definition) is 2.